The summed E-state index contributed by atoms with van der Waals surface area (Å²) in [5.74, 6) is 1.69. The molecule has 2 aromatic heterocycles. The monoisotopic (exact) mass is 382 g/mol. The third-order valence-corrected chi connectivity index (χ3v) is 5.46. The maximum absolute atomic E-state index is 12.4. The van der Waals surface area contributed by atoms with Crippen molar-refractivity contribution in [3.8, 4) is 11.6 Å². The molecule has 0 aliphatic carbocycles. The number of amides is 2. The summed E-state index contributed by atoms with van der Waals surface area (Å²) in [5.41, 5.74) is 0.980. The van der Waals surface area contributed by atoms with Gasteiger partial charge in [-0.1, -0.05) is 23.9 Å². The van der Waals surface area contributed by atoms with Gasteiger partial charge in [0.05, 0.1) is 17.4 Å². The van der Waals surface area contributed by atoms with E-state index < -0.39 is 0 Å². The predicted octanol–water partition coefficient (Wildman–Crippen LogP) is 3.34. The van der Waals surface area contributed by atoms with Crippen LogP contribution in [0.3, 0.4) is 0 Å². The topological polar surface area (TPSA) is 81.2 Å². The number of thioether (sulfide) groups is 1. The highest BCUT2D eigenvalue weighted by molar-refractivity contribution is 7.99. The molecule has 3 heterocycles. The second kappa shape index (κ2) is 7.40. The minimum Gasteiger partial charge on any atom is -0.461 e. The standard InChI is InChI=1S/C19H18N4O3S/c1-2-22-16(15-9-5-11-26-15)20-21-19(22)27-12-6-10-23-17(24)13-7-3-4-8-14(13)18(23)25/h3-5,7-9,11H,2,6,10,12H2,1H3. The molecule has 4 rings (SSSR count). The minimum atomic E-state index is -0.211. The number of carbonyl (C=O) groups is 2. The Morgan fingerprint density at radius 1 is 1.04 bits per heavy atom. The summed E-state index contributed by atoms with van der Waals surface area (Å²) in [6.45, 7) is 3.15. The van der Waals surface area contributed by atoms with E-state index in [2.05, 4.69) is 10.2 Å². The van der Waals surface area contributed by atoms with Gasteiger partial charge in [0.1, 0.15) is 0 Å². The van der Waals surface area contributed by atoms with E-state index in [1.54, 1.807) is 42.3 Å². The molecule has 0 unspecified atom stereocenters. The van der Waals surface area contributed by atoms with Gasteiger partial charge in [-0.05, 0) is 37.6 Å². The van der Waals surface area contributed by atoms with E-state index in [4.69, 9.17) is 4.42 Å². The van der Waals surface area contributed by atoms with Crippen LogP contribution >= 0.6 is 11.8 Å². The summed E-state index contributed by atoms with van der Waals surface area (Å²) in [4.78, 5) is 26.1. The summed E-state index contributed by atoms with van der Waals surface area (Å²) in [6.07, 6.45) is 2.29. The van der Waals surface area contributed by atoms with Crippen molar-refractivity contribution < 1.29 is 14.0 Å². The number of aromatic nitrogens is 3. The lowest BCUT2D eigenvalue weighted by Crippen LogP contribution is -2.31. The Morgan fingerprint density at radius 2 is 1.78 bits per heavy atom. The van der Waals surface area contributed by atoms with Gasteiger partial charge in [0.25, 0.3) is 11.8 Å². The normalized spacial score (nSPS) is 13.4. The number of hydrogen-bond acceptors (Lipinski definition) is 6. The summed E-state index contributed by atoms with van der Waals surface area (Å²) in [5, 5.41) is 9.26. The Bertz CT molecular complexity index is 946. The highest BCUT2D eigenvalue weighted by Gasteiger charge is 2.34. The summed E-state index contributed by atoms with van der Waals surface area (Å²) < 4.78 is 7.40. The van der Waals surface area contributed by atoms with Gasteiger partial charge in [-0.3, -0.25) is 19.1 Å². The van der Waals surface area contributed by atoms with Crippen molar-refractivity contribution in [3.63, 3.8) is 0 Å². The lowest BCUT2D eigenvalue weighted by molar-refractivity contribution is 0.0655. The van der Waals surface area contributed by atoms with Crippen molar-refractivity contribution in [1.82, 2.24) is 19.7 Å². The van der Waals surface area contributed by atoms with Crippen molar-refractivity contribution in [3.05, 3.63) is 53.8 Å². The number of benzene rings is 1. The van der Waals surface area contributed by atoms with E-state index >= 15 is 0 Å². The largest absolute Gasteiger partial charge is 0.461 e. The molecule has 1 aliphatic rings. The van der Waals surface area contributed by atoms with Gasteiger partial charge in [0.2, 0.25) is 0 Å². The van der Waals surface area contributed by atoms with E-state index in [1.165, 1.54) is 4.90 Å². The Labute approximate surface area is 160 Å². The predicted molar refractivity (Wildman–Crippen MR) is 101 cm³/mol. The molecule has 0 bridgehead atoms. The average Bonchev–Trinajstić information content (AvgIpc) is 3.40. The number of imide groups is 1. The Hall–Kier alpha value is -2.87. The van der Waals surface area contributed by atoms with Gasteiger partial charge in [-0.2, -0.15) is 0 Å². The van der Waals surface area contributed by atoms with Gasteiger partial charge < -0.3 is 4.42 Å². The van der Waals surface area contributed by atoms with Crippen molar-refractivity contribution in [2.75, 3.05) is 12.3 Å². The molecule has 1 aromatic carbocycles. The molecule has 8 heteroatoms. The molecule has 1 aliphatic heterocycles. The molecule has 2 amide bonds. The third kappa shape index (κ3) is 3.16. The molecule has 7 nitrogen and oxygen atoms in total. The zero-order valence-electron chi connectivity index (χ0n) is 14.8. The highest BCUT2D eigenvalue weighted by atomic mass is 32.2. The number of fused-ring (bicyclic) bond motifs is 1. The van der Waals surface area contributed by atoms with E-state index in [-0.39, 0.29) is 11.8 Å². The van der Waals surface area contributed by atoms with Crippen LogP contribution in [0.1, 0.15) is 34.1 Å². The van der Waals surface area contributed by atoms with Gasteiger partial charge in [0, 0.05) is 18.8 Å². The van der Waals surface area contributed by atoms with Gasteiger partial charge >= 0.3 is 0 Å². The van der Waals surface area contributed by atoms with Crippen molar-refractivity contribution in [2.24, 2.45) is 0 Å². The maximum atomic E-state index is 12.4. The highest BCUT2D eigenvalue weighted by Crippen LogP contribution is 2.26. The fourth-order valence-corrected chi connectivity index (χ4v) is 4.02. The number of rotatable bonds is 7. The molecule has 0 spiro atoms. The zero-order chi connectivity index (χ0) is 18.8. The molecular formula is C19H18N4O3S. The minimum absolute atomic E-state index is 0.211. The number of furan rings is 1. The molecule has 27 heavy (non-hydrogen) atoms. The van der Waals surface area contributed by atoms with Crippen LogP contribution in [0.2, 0.25) is 0 Å². The summed E-state index contributed by atoms with van der Waals surface area (Å²) >= 11 is 1.56. The Morgan fingerprint density at radius 3 is 2.41 bits per heavy atom. The number of carbonyl (C=O) groups excluding carboxylic acids is 2. The molecule has 0 saturated heterocycles. The molecule has 3 aromatic rings. The zero-order valence-corrected chi connectivity index (χ0v) is 15.6. The fourth-order valence-electron chi connectivity index (χ4n) is 3.10. The number of nitrogens with zero attached hydrogens (tertiary/aromatic N) is 4. The first-order valence-electron chi connectivity index (χ1n) is 8.75. The first kappa shape index (κ1) is 17.5. The lowest BCUT2D eigenvalue weighted by atomic mass is 10.1. The Balaban J connectivity index is 1.36. The van der Waals surface area contributed by atoms with Crippen LogP contribution in [0.25, 0.3) is 11.6 Å². The van der Waals surface area contributed by atoms with E-state index in [0.29, 0.717) is 35.7 Å². The molecule has 0 radical (unpaired) electrons. The lowest BCUT2D eigenvalue weighted by Gasteiger charge is -2.13. The van der Waals surface area contributed by atoms with E-state index in [0.717, 1.165) is 17.5 Å². The SMILES string of the molecule is CCn1c(SCCCN2C(=O)c3ccccc3C2=O)nnc1-c1ccco1. The quantitative estimate of drug-likeness (QED) is 0.354. The van der Waals surface area contributed by atoms with Crippen molar-refractivity contribution in [2.45, 2.75) is 25.0 Å². The molecule has 0 N–H and O–H groups in total. The van der Waals surface area contributed by atoms with E-state index in [1.807, 2.05) is 23.6 Å². The molecular weight excluding hydrogens is 364 g/mol. The van der Waals surface area contributed by atoms with Crippen LogP contribution in [-0.2, 0) is 6.54 Å². The number of hydrogen-bond donors (Lipinski definition) is 0. The second-order valence-electron chi connectivity index (χ2n) is 6.04. The van der Waals surface area contributed by atoms with Crippen LogP contribution in [0.5, 0.6) is 0 Å². The molecule has 0 saturated carbocycles. The van der Waals surface area contributed by atoms with Crippen LogP contribution < -0.4 is 0 Å². The van der Waals surface area contributed by atoms with Crippen LogP contribution in [0.15, 0.2) is 52.2 Å². The fraction of sp³-hybridized carbons (Fsp3) is 0.263. The van der Waals surface area contributed by atoms with Gasteiger partial charge in [-0.15, -0.1) is 10.2 Å². The van der Waals surface area contributed by atoms with Crippen molar-refractivity contribution >= 4 is 23.6 Å². The van der Waals surface area contributed by atoms with Crippen LogP contribution in [0.4, 0.5) is 0 Å². The average molecular weight is 382 g/mol. The molecule has 0 fully saturated rings. The Kier molecular flexibility index (Phi) is 4.81. The van der Waals surface area contributed by atoms with E-state index in [9.17, 15) is 9.59 Å². The van der Waals surface area contributed by atoms with Gasteiger partial charge in [-0.25, -0.2) is 0 Å². The smallest absolute Gasteiger partial charge is 0.261 e. The van der Waals surface area contributed by atoms with Crippen LogP contribution in [0, 0.1) is 0 Å². The summed E-state index contributed by atoms with van der Waals surface area (Å²) in [6, 6.07) is 10.6. The maximum Gasteiger partial charge on any atom is 0.261 e. The first-order chi connectivity index (χ1) is 13.2. The second-order valence-corrected chi connectivity index (χ2v) is 7.10. The van der Waals surface area contributed by atoms with Crippen LogP contribution in [-0.4, -0.2) is 43.8 Å². The molecule has 0 atom stereocenters. The van der Waals surface area contributed by atoms with Gasteiger partial charge in [0.15, 0.2) is 16.7 Å². The first-order valence-corrected chi connectivity index (χ1v) is 9.74. The van der Waals surface area contributed by atoms with Crippen molar-refractivity contribution in [1.29, 1.82) is 0 Å². The third-order valence-electron chi connectivity index (χ3n) is 4.41. The molecule has 138 valence electrons. The summed E-state index contributed by atoms with van der Waals surface area (Å²) in [7, 11) is 0.